The molecule has 174 valence electrons. The van der Waals surface area contributed by atoms with E-state index in [0.29, 0.717) is 43.4 Å². The molecule has 0 atom stereocenters. The van der Waals surface area contributed by atoms with Gasteiger partial charge in [-0.05, 0) is 45.7 Å². The first-order valence-electron chi connectivity index (χ1n) is 11.8. The fourth-order valence-corrected chi connectivity index (χ4v) is 4.58. The Balaban J connectivity index is 1.37. The number of rotatable bonds is 6. The van der Waals surface area contributed by atoms with Gasteiger partial charge in [-0.15, -0.1) is 0 Å². The second kappa shape index (κ2) is 10.0. The van der Waals surface area contributed by atoms with E-state index >= 15 is 0 Å². The Hall–Kier alpha value is -2.38. The summed E-state index contributed by atoms with van der Waals surface area (Å²) in [6.07, 6.45) is 2.36. The van der Waals surface area contributed by atoms with E-state index in [-0.39, 0.29) is 17.9 Å². The van der Waals surface area contributed by atoms with Crippen molar-refractivity contribution in [1.82, 2.24) is 14.7 Å². The third-order valence-corrected chi connectivity index (χ3v) is 6.67. The largest absolute Gasteiger partial charge is 0.451 e. The maximum Gasteiger partial charge on any atom is 0.289 e. The first kappa shape index (κ1) is 22.8. The van der Waals surface area contributed by atoms with E-state index in [4.69, 9.17) is 9.15 Å². The van der Waals surface area contributed by atoms with Gasteiger partial charge in [0.1, 0.15) is 5.58 Å². The molecular weight excluding hydrogens is 406 g/mol. The van der Waals surface area contributed by atoms with Crippen LogP contribution in [0.25, 0.3) is 11.0 Å². The summed E-state index contributed by atoms with van der Waals surface area (Å²) in [5, 5.41) is 0.934. The van der Waals surface area contributed by atoms with E-state index in [2.05, 4.69) is 11.9 Å². The Morgan fingerprint density at radius 3 is 2.41 bits per heavy atom. The summed E-state index contributed by atoms with van der Waals surface area (Å²) >= 11 is 0. The molecule has 7 nitrogen and oxygen atoms in total. The highest BCUT2D eigenvalue weighted by molar-refractivity contribution is 5.99. The lowest BCUT2D eigenvalue weighted by Gasteiger charge is -2.35. The molecule has 0 aliphatic carbocycles. The van der Waals surface area contributed by atoms with Gasteiger partial charge in [-0.25, -0.2) is 0 Å². The van der Waals surface area contributed by atoms with Crippen LogP contribution in [0.15, 0.2) is 28.7 Å². The molecule has 1 aromatic heterocycles. The number of hydrogen-bond acceptors (Lipinski definition) is 5. The summed E-state index contributed by atoms with van der Waals surface area (Å²) in [4.78, 5) is 32.1. The molecule has 1 aromatic carbocycles. The van der Waals surface area contributed by atoms with E-state index in [1.165, 1.54) is 0 Å². The van der Waals surface area contributed by atoms with Crippen molar-refractivity contribution in [2.45, 2.75) is 45.8 Å². The van der Waals surface area contributed by atoms with E-state index in [1.807, 2.05) is 47.9 Å². The van der Waals surface area contributed by atoms with Gasteiger partial charge in [0.25, 0.3) is 5.91 Å². The molecule has 0 radical (unpaired) electrons. The zero-order chi connectivity index (χ0) is 22.7. The number of likely N-dealkylation sites (N-methyl/N-ethyl adjacent to an activating group) is 1. The molecule has 32 heavy (non-hydrogen) atoms. The molecule has 2 saturated heterocycles. The molecule has 0 bridgehead atoms. The zero-order valence-corrected chi connectivity index (χ0v) is 19.5. The number of fused-ring (bicyclic) bond motifs is 1. The Morgan fingerprint density at radius 1 is 1.03 bits per heavy atom. The number of para-hydroxylation sites is 1. The van der Waals surface area contributed by atoms with Crippen molar-refractivity contribution < 1.29 is 18.7 Å². The van der Waals surface area contributed by atoms with Crippen LogP contribution in [0.4, 0.5) is 0 Å². The Bertz CT molecular complexity index is 938. The molecule has 0 N–H and O–H groups in total. The van der Waals surface area contributed by atoms with Gasteiger partial charge in [-0.3, -0.25) is 9.59 Å². The van der Waals surface area contributed by atoms with Crippen molar-refractivity contribution in [3.05, 3.63) is 35.6 Å². The lowest BCUT2D eigenvalue weighted by atomic mass is 9.92. The Labute approximate surface area is 190 Å². The molecule has 0 unspecified atom stereocenters. The minimum atomic E-state index is -0.0765. The first-order valence-corrected chi connectivity index (χ1v) is 11.8. The van der Waals surface area contributed by atoms with Crippen LogP contribution in [0.5, 0.6) is 0 Å². The lowest BCUT2D eigenvalue weighted by molar-refractivity contribution is -0.134. The van der Waals surface area contributed by atoms with Crippen molar-refractivity contribution in [1.29, 1.82) is 0 Å². The molecule has 0 spiro atoms. The van der Waals surface area contributed by atoms with Crippen LogP contribution in [0.2, 0.25) is 0 Å². The number of nitrogens with zero attached hydrogens (tertiary/aromatic N) is 3. The summed E-state index contributed by atoms with van der Waals surface area (Å²) in [6, 6.07) is 7.73. The second-order valence-corrected chi connectivity index (χ2v) is 9.39. The van der Waals surface area contributed by atoms with Gasteiger partial charge < -0.3 is 23.9 Å². The zero-order valence-electron chi connectivity index (χ0n) is 19.5. The fraction of sp³-hybridized carbons (Fsp3) is 0.600. The highest BCUT2D eigenvalue weighted by Gasteiger charge is 2.30. The lowest BCUT2D eigenvalue weighted by Crippen LogP contribution is -2.48. The van der Waals surface area contributed by atoms with Crippen LogP contribution >= 0.6 is 0 Å². The number of carbonyl (C=O) groups excluding carboxylic acids is 2. The van der Waals surface area contributed by atoms with Gasteiger partial charge in [0.05, 0.1) is 12.7 Å². The summed E-state index contributed by atoms with van der Waals surface area (Å²) in [6.45, 7) is 9.15. The van der Waals surface area contributed by atoms with E-state index in [0.717, 1.165) is 50.0 Å². The van der Waals surface area contributed by atoms with Crippen molar-refractivity contribution >= 4 is 22.8 Å². The number of piperidine rings is 1. The quantitative estimate of drug-likeness (QED) is 0.688. The highest BCUT2D eigenvalue weighted by Crippen LogP contribution is 2.30. The molecule has 7 heteroatoms. The van der Waals surface area contributed by atoms with Crippen LogP contribution in [-0.2, 0) is 16.1 Å². The molecule has 4 rings (SSSR count). The molecular formula is C25H35N3O4. The average molecular weight is 442 g/mol. The maximum absolute atomic E-state index is 13.3. The standard InChI is InChI=1S/C25H35N3O4/c1-18(2)31-17-21-20-6-4-5-7-22(20)32-24(21)25(30)28-10-8-19(9-11-28)16-23(29)27-14-12-26(3)13-15-27/h4-7,18-19H,8-17H2,1-3H3. The highest BCUT2D eigenvalue weighted by atomic mass is 16.5. The first-order chi connectivity index (χ1) is 15.4. The number of benzene rings is 1. The summed E-state index contributed by atoms with van der Waals surface area (Å²) in [7, 11) is 2.09. The molecule has 0 saturated carbocycles. The second-order valence-electron chi connectivity index (χ2n) is 9.39. The van der Waals surface area contributed by atoms with Crippen LogP contribution in [0.3, 0.4) is 0 Å². The minimum absolute atomic E-state index is 0.0696. The summed E-state index contributed by atoms with van der Waals surface area (Å²) < 4.78 is 11.8. The van der Waals surface area contributed by atoms with E-state index in [1.54, 1.807) is 0 Å². The predicted molar refractivity (Wildman–Crippen MR) is 123 cm³/mol. The van der Waals surface area contributed by atoms with Crippen molar-refractivity contribution in [2.75, 3.05) is 46.3 Å². The summed E-state index contributed by atoms with van der Waals surface area (Å²) in [5.41, 5.74) is 1.54. The van der Waals surface area contributed by atoms with Gasteiger partial charge in [-0.2, -0.15) is 0 Å². The Kier molecular flexibility index (Phi) is 7.16. The van der Waals surface area contributed by atoms with Crippen LogP contribution in [-0.4, -0.2) is 78.9 Å². The third-order valence-electron chi connectivity index (χ3n) is 6.67. The smallest absolute Gasteiger partial charge is 0.289 e. The number of ether oxygens (including phenoxy) is 1. The SMILES string of the molecule is CC(C)OCc1c(C(=O)N2CCC(CC(=O)N3CCN(C)CC3)CC2)oc2ccccc12. The summed E-state index contributed by atoms with van der Waals surface area (Å²) in [5.74, 6) is 0.908. The number of carbonyl (C=O) groups is 2. The maximum atomic E-state index is 13.3. The fourth-order valence-electron chi connectivity index (χ4n) is 4.58. The van der Waals surface area contributed by atoms with Gasteiger partial charge in [0, 0.05) is 56.6 Å². The molecule has 3 heterocycles. The number of piperazine rings is 1. The Morgan fingerprint density at radius 2 is 1.72 bits per heavy atom. The number of amides is 2. The third kappa shape index (κ3) is 5.15. The molecule has 2 aliphatic heterocycles. The number of likely N-dealkylation sites (tertiary alicyclic amines) is 1. The van der Waals surface area contributed by atoms with Gasteiger partial charge >= 0.3 is 0 Å². The normalized spacial score (nSPS) is 18.6. The number of hydrogen-bond donors (Lipinski definition) is 0. The molecule has 2 fully saturated rings. The van der Waals surface area contributed by atoms with Gasteiger partial charge in [0.2, 0.25) is 5.91 Å². The molecule has 2 aromatic rings. The molecule has 2 aliphatic rings. The van der Waals surface area contributed by atoms with E-state index in [9.17, 15) is 9.59 Å². The predicted octanol–water partition coefficient (Wildman–Crippen LogP) is 3.37. The van der Waals surface area contributed by atoms with Crippen LogP contribution in [0.1, 0.15) is 49.2 Å². The van der Waals surface area contributed by atoms with Crippen molar-refractivity contribution in [2.24, 2.45) is 5.92 Å². The van der Waals surface area contributed by atoms with Crippen LogP contribution < -0.4 is 0 Å². The van der Waals surface area contributed by atoms with Gasteiger partial charge in [-0.1, -0.05) is 18.2 Å². The molecule has 2 amide bonds. The minimum Gasteiger partial charge on any atom is -0.451 e. The topological polar surface area (TPSA) is 66.2 Å². The van der Waals surface area contributed by atoms with Crippen molar-refractivity contribution in [3.63, 3.8) is 0 Å². The van der Waals surface area contributed by atoms with Crippen LogP contribution in [0, 0.1) is 5.92 Å². The van der Waals surface area contributed by atoms with Gasteiger partial charge in [0.15, 0.2) is 5.76 Å². The monoisotopic (exact) mass is 441 g/mol. The number of furan rings is 1. The average Bonchev–Trinajstić information content (AvgIpc) is 3.16. The van der Waals surface area contributed by atoms with E-state index < -0.39 is 0 Å². The van der Waals surface area contributed by atoms with Crippen molar-refractivity contribution in [3.8, 4) is 0 Å².